The van der Waals surface area contributed by atoms with Gasteiger partial charge in [0, 0.05) is 57.2 Å². The number of carbonyl (C=O) groups is 1. The lowest BCUT2D eigenvalue weighted by Crippen LogP contribution is -2.44. The van der Waals surface area contributed by atoms with Crippen LogP contribution in [0, 0.1) is 17.3 Å². The maximum atomic E-state index is 12.9. The van der Waals surface area contributed by atoms with E-state index >= 15 is 0 Å². The van der Waals surface area contributed by atoms with E-state index in [0.717, 1.165) is 58.2 Å². The van der Waals surface area contributed by atoms with Gasteiger partial charge in [0.2, 0.25) is 5.91 Å². The third-order valence-corrected chi connectivity index (χ3v) is 5.94. The second-order valence-electron chi connectivity index (χ2n) is 7.74. The van der Waals surface area contributed by atoms with Gasteiger partial charge >= 0.3 is 0 Å². The zero-order chi connectivity index (χ0) is 16.4. The van der Waals surface area contributed by atoms with Crippen molar-refractivity contribution in [3.63, 3.8) is 0 Å². The van der Waals surface area contributed by atoms with Crippen molar-refractivity contribution in [2.45, 2.75) is 32.2 Å². The average molecular weight is 329 g/mol. The first-order chi connectivity index (χ1) is 11.8. The maximum absolute atomic E-state index is 12.9. The molecule has 2 aliphatic heterocycles. The number of ether oxygens (including phenoxy) is 1. The van der Waals surface area contributed by atoms with E-state index in [1.807, 2.05) is 12.4 Å². The Morgan fingerprint density at radius 3 is 2.75 bits per heavy atom. The maximum Gasteiger partial charge on any atom is 0.225 e. The molecule has 24 heavy (non-hydrogen) atoms. The number of nitrogens with zero attached hydrogens (tertiary/aromatic N) is 2. The lowest BCUT2D eigenvalue weighted by Gasteiger charge is -2.37. The molecule has 1 amide bonds. The van der Waals surface area contributed by atoms with E-state index in [4.69, 9.17) is 4.74 Å². The number of pyridine rings is 1. The molecule has 3 fully saturated rings. The van der Waals surface area contributed by atoms with Gasteiger partial charge in [-0.2, -0.15) is 0 Å². The fourth-order valence-corrected chi connectivity index (χ4v) is 4.27. The molecular formula is C19H27N3O2. The highest BCUT2D eigenvalue weighted by Gasteiger charge is 2.50. The first-order valence-electron chi connectivity index (χ1n) is 9.22. The summed E-state index contributed by atoms with van der Waals surface area (Å²) >= 11 is 0. The average Bonchev–Trinajstić information content (AvgIpc) is 3.38. The number of aromatic nitrogens is 1. The fraction of sp³-hybridized carbons (Fsp3) is 0.684. The van der Waals surface area contributed by atoms with Crippen molar-refractivity contribution in [3.05, 3.63) is 30.1 Å². The molecule has 0 aromatic carbocycles. The third-order valence-electron chi connectivity index (χ3n) is 5.94. The molecule has 1 saturated carbocycles. The largest absolute Gasteiger partial charge is 0.381 e. The van der Waals surface area contributed by atoms with Crippen molar-refractivity contribution < 1.29 is 9.53 Å². The summed E-state index contributed by atoms with van der Waals surface area (Å²) in [6.45, 7) is 5.20. The predicted molar refractivity (Wildman–Crippen MR) is 91.2 cm³/mol. The number of carbonyl (C=O) groups excluding carboxylic acids is 1. The van der Waals surface area contributed by atoms with Crippen LogP contribution < -0.4 is 5.32 Å². The first-order valence-corrected chi connectivity index (χ1v) is 9.22. The normalized spacial score (nSPS) is 26.6. The van der Waals surface area contributed by atoms with E-state index in [1.54, 1.807) is 0 Å². The molecule has 1 atom stereocenters. The van der Waals surface area contributed by atoms with Crippen LogP contribution in [0.1, 0.15) is 31.2 Å². The highest BCUT2D eigenvalue weighted by Crippen LogP contribution is 2.45. The van der Waals surface area contributed by atoms with Crippen LogP contribution in [0.5, 0.6) is 0 Å². The Kier molecular flexibility index (Phi) is 4.55. The zero-order valence-electron chi connectivity index (χ0n) is 14.2. The van der Waals surface area contributed by atoms with Gasteiger partial charge in [0.05, 0.1) is 5.92 Å². The molecule has 5 heteroatoms. The minimum absolute atomic E-state index is 0.0961. The summed E-state index contributed by atoms with van der Waals surface area (Å²) in [6, 6.07) is 4.13. The number of rotatable bonds is 5. The molecule has 3 heterocycles. The molecule has 1 unspecified atom stereocenters. The summed E-state index contributed by atoms with van der Waals surface area (Å²) in [5.74, 6) is 1.09. The summed E-state index contributed by atoms with van der Waals surface area (Å²) in [5.41, 5.74) is 1.37. The lowest BCUT2D eigenvalue weighted by atomic mass is 9.71. The Bertz CT molecular complexity index is 567. The smallest absolute Gasteiger partial charge is 0.225 e. The molecule has 1 aromatic heterocycles. The van der Waals surface area contributed by atoms with Crippen molar-refractivity contribution >= 4 is 5.91 Å². The summed E-state index contributed by atoms with van der Waals surface area (Å²) in [6.07, 6.45) is 8.24. The molecule has 130 valence electrons. The molecular weight excluding hydrogens is 302 g/mol. The van der Waals surface area contributed by atoms with Gasteiger partial charge in [-0.05, 0) is 49.3 Å². The Labute approximate surface area is 143 Å². The topological polar surface area (TPSA) is 54.5 Å². The monoisotopic (exact) mass is 329 g/mol. The van der Waals surface area contributed by atoms with Crippen LogP contribution in [0.15, 0.2) is 24.5 Å². The third kappa shape index (κ3) is 3.47. The van der Waals surface area contributed by atoms with Gasteiger partial charge in [0.15, 0.2) is 0 Å². The summed E-state index contributed by atoms with van der Waals surface area (Å²) < 4.78 is 5.59. The van der Waals surface area contributed by atoms with E-state index in [9.17, 15) is 4.79 Å². The molecule has 3 aliphatic rings. The molecule has 4 rings (SSSR count). The molecule has 0 radical (unpaired) electrons. The zero-order valence-corrected chi connectivity index (χ0v) is 14.2. The van der Waals surface area contributed by atoms with Crippen LogP contribution in [0.2, 0.25) is 0 Å². The van der Waals surface area contributed by atoms with Crippen LogP contribution in [-0.4, -0.2) is 48.6 Å². The van der Waals surface area contributed by atoms with Gasteiger partial charge in [0.25, 0.3) is 0 Å². The molecule has 1 N–H and O–H groups in total. The Morgan fingerprint density at radius 2 is 2.04 bits per heavy atom. The van der Waals surface area contributed by atoms with Crippen molar-refractivity contribution in [1.29, 1.82) is 0 Å². The van der Waals surface area contributed by atoms with Crippen LogP contribution >= 0.6 is 0 Å². The fourth-order valence-electron chi connectivity index (χ4n) is 4.27. The Hall–Kier alpha value is -1.46. The molecule has 1 aliphatic carbocycles. The lowest BCUT2D eigenvalue weighted by molar-refractivity contribution is -0.129. The first kappa shape index (κ1) is 16.0. The van der Waals surface area contributed by atoms with Crippen molar-refractivity contribution in [3.8, 4) is 0 Å². The number of hydrogen-bond acceptors (Lipinski definition) is 4. The van der Waals surface area contributed by atoms with Gasteiger partial charge in [-0.1, -0.05) is 0 Å². The standard InChI is InChI=1S/C19H27N3O2/c23-18(21-11-15-1-2-15)17-13-22(12-16-3-7-20-8-4-16)14-19(17)5-9-24-10-6-19/h3-4,7-8,15,17H,1-2,5-6,9-14H2,(H,21,23). The SMILES string of the molecule is O=C(NCC1CC1)C1CN(Cc2ccncc2)CC12CCOCC2. The summed E-state index contributed by atoms with van der Waals surface area (Å²) in [4.78, 5) is 19.4. The van der Waals surface area contributed by atoms with Crippen LogP contribution in [-0.2, 0) is 16.1 Å². The molecule has 2 saturated heterocycles. The number of likely N-dealkylation sites (tertiary alicyclic amines) is 1. The van der Waals surface area contributed by atoms with Crippen molar-refractivity contribution in [1.82, 2.24) is 15.2 Å². The number of hydrogen-bond donors (Lipinski definition) is 1. The summed E-state index contributed by atoms with van der Waals surface area (Å²) in [7, 11) is 0. The van der Waals surface area contributed by atoms with Crippen molar-refractivity contribution in [2.24, 2.45) is 17.3 Å². The van der Waals surface area contributed by atoms with Gasteiger partial charge < -0.3 is 10.1 Å². The van der Waals surface area contributed by atoms with E-state index in [1.165, 1.54) is 18.4 Å². The van der Waals surface area contributed by atoms with Gasteiger partial charge in [-0.3, -0.25) is 14.7 Å². The van der Waals surface area contributed by atoms with Gasteiger partial charge in [-0.25, -0.2) is 0 Å². The Morgan fingerprint density at radius 1 is 1.29 bits per heavy atom. The second kappa shape index (κ2) is 6.81. The number of nitrogens with one attached hydrogen (secondary N) is 1. The number of amides is 1. The molecule has 0 bridgehead atoms. The van der Waals surface area contributed by atoms with Crippen LogP contribution in [0.4, 0.5) is 0 Å². The minimum atomic E-state index is 0.0961. The van der Waals surface area contributed by atoms with Crippen LogP contribution in [0.25, 0.3) is 0 Å². The highest BCUT2D eigenvalue weighted by molar-refractivity contribution is 5.80. The van der Waals surface area contributed by atoms with Gasteiger partial charge in [0.1, 0.15) is 0 Å². The van der Waals surface area contributed by atoms with E-state index in [2.05, 4.69) is 27.3 Å². The molecule has 1 aromatic rings. The quantitative estimate of drug-likeness (QED) is 0.895. The van der Waals surface area contributed by atoms with E-state index in [-0.39, 0.29) is 17.2 Å². The molecule has 1 spiro atoms. The summed E-state index contributed by atoms with van der Waals surface area (Å²) in [5, 5.41) is 3.23. The van der Waals surface area contributed by atoms with E-state index < -0.39 is 0 Å². The molecule has 5 nitrogen and oxygen atoms in total. The van der Waals surface area contributed by atoms with Crippen LogP contribution in [0.3, 0.4) is 0 Å². The van der Waals surface area contributed by atoms with E-state index in [0.29, 0.717) is 0 Å². The Balaban J connectivity index is 1.45. The predicted octanol–water partition coefficient (Wildman–Crippen LogP) is 1.84. The minimum Gasteiger partial charge on any atom is -0.381 e. The van der Waals surface area contributed by atoms with Crippen molar-refractivity contribution in [2.75, 3.05) is 32.8 Å². The highest BCUT2D eigenvalue weighted by atomic mass is 16.5. The second-order valence-corrected chi connectivity index (χ2v) is 7.74. The van der Waals surface area contributed by atoms with Gasteiger partial charge in [-0.15, -0.1) is 0 Å².